The van der Waals surface area contributed by atoms with E-state index in [1.807, 2.05) is 0 Å². The van der Waals surface area contributed by atoms with Crippen LogP contribution < -0.4 is 54.4 Å². The van der Waals surface area contributed by atoms with Crippen molar-refractivity contribution in [2.24, 2.45) is 17.2 Å². The van der Waals surface area contributed by atoms with E-state index in [2.05, 4.69) is 37.2 Å². The molecule has 0 radical (unpaired) electrons. The summed E-state index contributed by atoms with van der Waals surface area (Å²) in [6.07, 6.45) is -0.254. The van der Waals surface area contributed by atoms with Gasteiger partial charge in [0.1, 0.15) is 30.2 Å². The lowest BCUT2D eigenvalue weighted by atomic mass is 10.0. The molecule has 1 aliphatic rings. The second kappa shape index (κ2) is 24.8. The van der Waals surface area contributed by atoms with Crippen molar-refractivity contribution in [1.82, 2.24) is 42.1 Å². The van der Waals surface area contributed by atoms with Crippen molar-refractivity contribution in [3.63, 3.8) is 0 Å². The first-order chi connectivity index (χ1) is 25.9. The molecule has 0 aromatic heterocycles. The molecule has 1 heterocycles. The number of amides is 9. The minimum Gasteiger partial charge on any atom is -0.480 e. The first kappa shape index (κ1) is 47.6. The summed E-state index contributed by atoms with van der Waals surface area (Å²) in [5, 5.41) is 44.3. The Morgan fingerprint density at radius 1 is 0.727 bits per heavy atom. The molecule has 0 spiro atoms. The number of hydrogen-bond donors (Lipinski definition) is 13. The SMILES string of the molecule is C[C@@H](O)[C@H](N)C(=O)NCC(=O)NCC(=O)NCC(=O)NCC(=O)N[C@@H](CO)C(=O)N[C@@H](CCC(N)=O)C(=O)N[C@@H](CCCCN)C(=O)N1CCC[C@H]1C(=O)O. The molecular formula is C31H53N11O13. The first-order valence-electron chi connectivity index (χ1n) is 17.5. The minimum absolute atomic E-state index is 0.0887. The predicted octanol–water partition coefficient (Wildman–Crippen LogP) is -7.92. The second-order valence-electron chi connectivity index (χ2n) is 12.6. The van der Waals surface area contributed by atoms with Gasteiger partial charge in [-0.05, 0) is 52.0 Å². The van der Waals surface area contributed by atoms with Gasteiger partial charge in [0.2, 0.25) is 53.2 Å². The molecule has 0 bridgehead atoms. The normalized spacial score (nSPS) is 16.2. The second-order valence-corrected chi connectivity index (χ2v) is 12.6. The standard InChI is InChI=1S/C31H53N11O13/c1-16(44)26(34)29(52)38-13-24(48)36-11-22(46)35-12-23(47)37-14-25(49)39-19(15-43)28(51)40-17(7-8-21(33)45)27(50)41-18(5-2-3-9-32)30(53)42-10-4-6-20(42)31(54)55/h16-20,26,43-44H,2-15,32,34H2,1H3,(H2,33,45)(H,35,46)(H,36,48)(H,37,47)(H,38,52)(H,39,49)(H,40,51)(H,41,50)(H,54,55)/t16-,17+,18+,19+,20+,26+/m1/s1. The number of aliphatic hydroxyl groups is 2. The van der Waals surface area contributed by atoms with Gasteiger partial charge in [-0.25, -0.2) is 4.79 Å². The van der Waals surface area contributed by atoms with Crippen molar-refractivity contribution in [3.05, 3.63) is 0 Å². The Hall–Kier alpha value is -5.46. The van der Waals surface area contributed by atoms with Gasteiger partial charge in [-0.2, -0.15) is 0 Å². The van der Waals surface area contributed by atoms with Crippen LogP contribution >= 0.6 is 0 Å². The van der Waals surface area contributed by atoms with Crippen molar-refractivity contribution in [2.75, 3.05) is 45.9 Å². The number of hydrogen-bond acceptors (Lipinski definition) is 14. The molecule has 0 unspecified atom stereocenters. The number of unbranched alkanes of at least 4 members (excludes halogenated alkanes) is 1. The zero-order valence-corrected chi connectivity index (χ0v) is 30.5. The Labute approximate surface area is 315 Å². The van der Waals surface area contributed by atoms with Gasteiger partial charge < -0.3 is 74.6 Å². The predicted molar refractivity (Wildman–Crippen MR) is 188 cm³/mol. The van der Waals surface area contributed by atoms with Crippen LogP contribution in [0.4, 0.5) is 0 Å². The van der Waals surface area contributed by atoms with Crippen molar-refractivity contribution >= 4 is 59.1 Å². The number of likely N-dealkylation sites (tertiary alicyclic amines) is 1. The monoisotopic (exact) mass is 787 g/mol. The van der Waals surface area contributed by atoms with Gasteiger partial charge in [0.15, 0.2) is 0 Å². The summed E-state index contributed by atoms with van der Waals surface area (Å²) < 4.78 is 0. The molecule has 24 nitrogen and oxygen atoms in total. The number of nitrogens with one attached hydrogen (secondary N) is 7. The van der Waals surface area contributed by atoms with Crippen LogP contribution in [0.3, 0.4) is 0 Å². The number of nitrogens with two attached hydrogens (primary N) is 3. The third kappa shape index (κ3) is 17.9. The molecule has 0 aliphatic carbocycles. The Morgan fingerprint density at radius 2 is 1.25 bits per heavy atom. The largest absolute Gasteiger partial charge is 0.480 e. The van der Waals surface area contributed by atoms with Crippen LogP contribution in [0.5, 0.6) is 0 Å². The summed E-state index contributed by atoms with van der Waals surface area (Å²) >= 11 is 0. The highest BCUT2D eigenvalue weighted by atomic mass is 16.4. The average molecular weight is 788 g/mol. The number of rotatable bonds is 25. The van der Waals surface area contributed by atoms with Crippen LogP contribution in [0, 0.1) is 0 Å². The lowest BCUT2D eigenvalue weighted by Crippen LogP contribution is -2.58. The molecule has 310 valence electrons. The Bertz CT molecular complexity index is 1400. The molecule has 24 heteroatoms. The minimum atomic E-state index is -1.66. The first-order valence-corrected chi connectivity index (χ1v) is 17.5. The molecule has 1 saturated heterocycles. The summed E-state index contributed by atoms with van der Waals surface area (Å²) in [6.45, 7) is -1.72. The maximum absolute atomic E-state index is 13.4. The Balaban J connectivity index is 2.73. The Kier molecular flexibility index (Phi) is 21.4. The van der Waals surface area contributed by atoms with Crippen molar-refractivity contribution in [2.45, 2.75) is 88.2 Å². The lowest BCUT2D eigenvalue weighted by Gasteiger charge is -2.29. The smallest absolute Gasteiger partial charge is 0.326 e. The zero-order chi connectivity index (χ0) is 41.7. The number of carbonyl (C=O) groups is 10. The third-order valence-corrected chi connectivity index (χ3v) is 8.11. The van der Waals surface area contributed by atoms with Crippen LogP contribution in [0.2, 0.25) is 0 Å². The molecular weight excluding hydrogens is 734 g/mol. The number of carboxylic acids is 1. The highest BCUT2D eigenvalue weighted by Crippen LogP contribution is 2.20. The van der Waals surface area contributed by atoms with Crippen molar-refractivity contribution < 1.29 is 63.3 Å². The van der Waals surface area contributed by atoms with Crippen molar-refractivity contribution in [3.8, 4) is 0 Å². The number of aliphatic hydroxyl groups excluding tert-OH is 2. The maximum Gasteiger partial charge on any atom is 0.326 e. The highest BCUT2D eigenvalue weighted by molar-refractivity contribution is 5.96. The molecule has 1 fully saturated rings. The summed E-state index contributed by atoms with van der Waals surface area (Å²) in [5.74, 6) is -8.88. The summed E-state index contributed by atoms with van der Waals surface area (Å²) in [6, 6.07) is -6.70. The molecule has 1 aliphatic heterocycles. The van der Waals surface area contributed by atoms with E-state index in [1.54, 1.807) is 0 Å². The van der Waals surface area contributed by atoms with E-state index in [0.29, 0.717) is 19.3 Å². The van der Waals surface area contributed by atoms with E-state index in [4.69, 9.17) is 17.2 Å². The lowest BCUT2D eigenvalue weighted by molar-refractivity contribution is -0.149. The number of carboxylic acid groups (broad SMARTS) is 1. The van der Waals surface area contributed by atoms with Crippen LogP contribution in [0.15, 0.2) is 0 Å². The van der Waals surface area contributed by atoms with Gasteiger partial charge >= 0.3 is 5.97 Å². The molecule has 0 aromatic rings. The number of nitrogens with zero attached hydrogens (tertiary/aromatic N) is 1. The molecule has 0 saturated carbocycles. The van der Waals surface area contributed by atoms with E-state index in [-0.39, 0.29) is 38.8 Å². The number of carbonyl (C=O) groups excluding carboxylic acids is 9. The molecule has 0 aromatic carbocycles. The van der Waals surface area contributed by atoms with Crippen LogP contribution in [0.25, 0.3) is 0 Å². The molecule has 9 amide bonds. The third-order valence-electron chi connectivity index (χ3n) is 8.11. The topological polar surface area (TPSA) is 397 Å². The summed E-state index contributed by atoms with van der Waals surface area (Å²) in [7, 11) is 0. The Morgan fingerprint density at radius 3 is 1.76 bits per heavy atom. The zero-order valence-electron chi connectivity index (χ0n) is 30.5. The average Bonchev–Trinajstić information content (AvgIpc) is 3.64. The van der Waals surface area contributed by atoms with Crippen molar-refractivity contribution in [1.29, 1.82) is 0 Å². The molecule has 6 atom stereocenters. The fraction of sp³-hybridized carbons (Fsp3) is 0.677. The fourth-order valence-electron chi connectivity index (χ4n) is 5.01. The summed E-state index contributed by atoms with van der Waals surface area (Å²) in [5.41, 5.74) is 16.2. The van der Waals surface area contributed by atoms with E-state index in [0.717, 1.165) is 4.90 Å². The maximum atomic E-state index is 13.4. The summed E-state index contributed by atoms with van der Waals surface area (Å²) in [4.78, 5) is 124. The van der Waals surface area contributed by atoms with E-state index < -0.39 is 128 Å². The number of primary amides is 1. The highest BCUT2D eigenvalue weighted by Gasteiger charge is 2.38. The van der Waals surface area contributed by atoms with Gasteiger partial charge in [0, 0.05) is 13.0 Å². The van der Waals surface area contributed by atoms with Crippen LogP contribution in [-0.2, 0) is 47.9 Å². The van der Waals surface area contributed by atoms with Gasteiger partial charge in [-0.3, -0.25) is 43.2 Å². The van der Waals surface area contributed by atoms with Gasteiger partial charge in [0.25, 0.3) is 0 Å². The molecule has 16 N–H and O–H groups in total. The van der Waals surface area contributed by atoms with Gasteiger partial charge in [-0.15, -0.1) is 0 Å². The van der Waals surface area contributed by atoms with E-state index in [1.165, 1.54) is 6.92 Å². The fourth-order valence-corrected chi connectivity index (χ4v) is 5.01. The van der Waals surface area contributed by atoms with Gasteiger partial charge in [0.05, 0.1) is 38.9 Å². The quantitative estimate of drug-likeness (QED) is 0.0382. The van der Waals surface area contributed by atoms with E-state index in [9.17, 15) is 63.3 Å². The van der Waals surface area contributed by atoms with Crippen LogP contribution in [0.1, 0.15) is 51.9 Å². The molecule has 55 heavy (non-hydrogen) atoms. The molecule has 1 rings (SSSR count). The number of aliphatic carboxylic acids is 1. The van der Waals surface area contributed by atoms with Crippen LogP contribution in [-0.4, -0.2) is 162 Å². The van der Waals surface area contributed by atoms with E-state index >= 15 is 0 Å². The van der Waals surface area contributed by atoms with Gasteiger partial charge in [-0.1, -0.05) is 0 Å².